The fourth-order valence-electron chi connectivity index (χ4n) is 2.66. The molecule has 1 atom stereocenters. The molecule has 3 rings (SSSR count). The Hall–Kier alpha value is -3.21. The molecule has 0 saturated heterocycles. The van der Waals surface area contributed by atoms with Gasteiger partial charge in [-0.1, -0.05) is 48.5 Å². The highest BCUT2D eigenvalue weighted by Crippen LogP contribution is 2.24. The predicted octanol–water partition coefficient (Wildman–Crippen LogP) is 2.93. The molecule has 0 radical (unpaired) electrons. The van der Waals surface area contributed by atoms with Crippen LogP contribution in [0.5, 0.6) is 0 Å². The van der Waals surface area contributed by atoms with Crippen molar-refractivity contribution in [2.45, 2.75) is 13.0 Å². The van der Waals surface area contributed by atoms with Crippen molar-refractivity contribution in [2.24, 2.45) is 0 Å². The normalized spacial score (nSPS) is 14.7. The third-order valence-corrected chi connectivity index (χ3v) is 3.99. The molecule has 1 aliphatic heterocycles. The van der Waals surface area contributed by atoms with E-state index in [9.17, 15) is 14.4 Å². The summed E-state index contributed by atoms with van der Waals surface area (Å²) in [6, 6.07) is 15.2. The molecule has 2 aromatic rings. The lowest BCUT2D eigenvalue weighted by Gasteiger charge is -2.20. The number of imide groups is 1. The van der Waals surface area contributed by atoms with Crippen LogP contribution in [0.2, 0.25) is 0 Å². The van der Waals surface area contributed by atoms with Gasteiger partial charge in [-0.3, -0.25) is 14.5 Å². The van der Waals surface area contributed by atoms with Crippen LogP contribution in [0.1, 0.15) is 33.2 Å². The molecule has 0 spiro atoms. The minimum Gasteiger partial charge on any atom is -0.460 e. The number of carbonyl (C=O) groups is 3. The van der Waals surface area contributed by atoms with Crippen LogP contribution >= 0.6 is 0 Å². The van der Waals surface area contributed by atoms with E-state index in [0.717, 1.165) is 10.5 Å². The zero-order valence-electron chi connectivity index (χ0n) is 13.7. The fraction of sp³-hybridized carbons (Fsp3) is 0.150. The van der Waals surface area contributed by atoms with Crippen molar-refractivity contribution in [3.05, 3.63) is 77.4 Å². The fourth-order valence-corrected chi connectivity index (χ4v) is 2.66. The largest absolute Gasteiger partial charge is 0.460 e. The lowest BCUT2D eigenvalue weighted by molar-refractivity contribution is -0.146. The zero-order chi connectivity index (χ0) is 17.8. The molecule has 0 aliphatic carbocycles. The summed E-state index contributed by atoms with van der Waals surface area (Å²) in [4.78, 5) is 37.8. The minimum absolute atomic E-state index is 0.0707. The first-order chi connectivity index (χ1) is 12.1. The molecule has 2 aromatic carbocycles. The van der Waals surface area contributed by atoms with E-state index in [2.05, 4.69) is 0 Å². The number of hydrogen-bond donors (Lipinski definition) is 0. The highest BCUT2D eigenvalue weighted by Gasteiger charge is 2.41. The van der Waals surface area contributed by atoms with Crippen LogP contribution in [-0.4, -0.2) is 35.3 Å². The summed E-state index contributed by atoms with van der Waals surface area (Å²) in [5.74, 6) is -1.55. The predicted molar refractivity (Wildman–Crippen MR) is 92.8 cm³/mol. The Labute approximate surface area is 145 Å². The zero-order valence-corrected chi connectivity index (χ0v) is 13.7. The van der Waals surface area contributed by atoms with Gasteiger partial charge in [0, 0.05) is 0 Å². The summed E-state index contributed by atoms with van der Waals surface area (Å²) in [5.41, 5.74) is 1.62. The molecule has 0 fully saturated rings. The first kappa shape index (κ1) is 16.6. The SMILES string of the molecule is CC(C(=O)OC/C=C/c1ccccc1)N1C(=O)c2ccccc2C1=O. The van der Waals surface area contributed by atoms with Gasteiger partial charge in [0.2, 0.25) is 0 Å². The Morgan fingerprint density at radius 2 is 1.56 bits per heavy atom. The van der Waals surface area contributed by atoms with Crippen LogP contribution in [0, 0.1) is 0 Å². The van der Waals surface area contributed by atoms with Crippen molar-refractivity contribution < 1.29 is 19.1 Å². The van der Waals surface area contributed by atoms with Crippen LogP contribution in [-0.2, 0) is 9.53 Å². The Balaban J connectivity index is 1.61. The Bertz CT molecular complexity index is 807. The maximum atomic E-state index is 12.4. The third-order valence-electron chi connectivity index (χ3n) is 3.99. The van der Waals surface area contributed by atoms with Crippen LogP contribution in [0.25, 0.3) is 6.08 Å². The molecule has 0 saturated carbocycles. The van der Waals surface area contributed by atoms with Crippen LogP contribution in [0.15, 0.2) is 60.7 Å². The molecule has 2 amide bonds. The molecule has 1 unspecified atom stereocenters. The van der Waals surface area contributed by atoms with Crippen LogP contribution in [0.3, 0.4) is 0 Å². The second-order valence-corrected chi connectivity index (χ2v) is 5.64. The van der Waals surface area contributed by atoms with Crippen molar-refractivity contribution >= 4 is 23.9 Å². The maximum Gasteiger partial charge on any atom is 0.329 e. The molecule has 126 valence electrons. The van der Waals surface area contributed by atoms with Gasteiger partial charge in [0.25, 0.3) is 11.8 Å². The van der Waals surface area contributed by atoms with Crippen molar-refractivity contribution in [1.29, 1.82) is 0 Å². The van der Waals surface area contributed by atoms with Crippen molar-refractivity contribution in [3.8, 4) is 0 Å². The van der Waals surface area contributed by atoms with E-state index in [-0.39, 0.29) is 6.61 Å². The number of fused-ring (bicyclic) bond motifs is 1. The van der Waals surface area contributed by atoms with E-state index in [4.69, 9.17) is 4.74 Å². The maximum absolute atomic E-state index is 12.4. The summed E-state index contributed by atoms with van der Waals surface area (Å²) in [5, 5.41) is 0. The van der Waals surface area contributed by atoms with Gasteiger partial charge in [-0.15, -0.1) is 0 Å². The monoisotopic (exact) mass is 335 g/mol. The quantitative estimate of drug-likeness (QED) is 0.622. The smallest absolute Gasteiger partial charge is 0.329 e. The average Bonchev–Trinajstić information content (AvgIpc) is 2.90. The van der Waals surface area contributed by atoms with E-state index < -0.39 is 23.8 Å². The first-order valence-electron chi connectivity index (χ1n) is 7.94. The van der Waals surface area contributed by atoms with Gasteiger partial charge in [-0.2, -0.15) is 0 Å². The Morgan fingerprint density at radius 1 is 1.00 bits per heavy atom. The van der Waals surface area contributed by atoms with E-state index in [1.54, 1.807) is 30.3 Å². The lowest BCUT2D eigenvalue weighted by atomic mass is 10.1. The number of carbonyl (C=O) groups excluding carboxylic acids is 3. The van der Waals surface area contributed by atoms with Crippen molar-refractivity contribution in [1.82, 2.24) is 4.90 Å². The van der Waals surface area contributed by atoms with Gasteiger partial charge < -0.3 is 4.74 Å². The highest BCUT2D eigenvalue weighted by atomic mass is 16.5. The van der Waals surface area contributed by atoms with Crippen molar-refractivity contribution in [3.63, 3.8) is 0 Å². The molecule has 25 heavy (non-hydrogen) atoms. The summed E-state index contributed by atoms with van der Waals surface area (Å²) >= 11 is 0. The number of rotatable bonds is 5. The molecule has 0 bridgehead atoms. The summed E-state index contributed by atoms with van der Waals surface area (Å²) < 4.78 is 5.16. The number of hydrogen-bond acceptors (Lipinski definition) is 4. The summed E-state index contributed by atoms with van der Waals surface area (Å²) in [6.07, 6.45) is 3.54. The van der Waals surface area contributed by atoms with E-state index in [0.29, 0.717) is 11.1 Å². The number of amides is 2. The molecule has 1 aliphatic rings. The summed E-state index contributed by atoms with van der Waals surface area (Å²) in [7, 11) is 0. The average molecular weight is 335 g/mol. The second-order valence-electron chi connectivity index (χ2n) is 5.64. The number of ether oxygens (including phenoxy) is 1. The van der Waals surface area contributed by atoms with E-state index >= 15 is 0 Å². The molecule has 5 nitrogen and oxygen atoms in total. The lowest BCUT2D eigenvalue weighted by Crippen LogP contribution is -2.43. The number of esters is 1. The van der Waals surface area contributed by atoms with Gasteiger partial charge in [0.05, 0.1) is 11.1 Å². The van der Waals surface area contributed by atoms with Gasteiger partial charge >= 0.3 is 5.97 Å². The van der Waals surface area contributed by atoms with Crippen LogP contribution < -0.4 is 0 Å². The second kappa shape index (κ2) is 7.13. The molecular formula is C20H17NO4. The van der Waals surface area contributed by atoms with Crippen molar-refractivity contribution in [2.75, 3.05) is 6.61 Å². The van der Waals surface area contributed by atoms with E-state index in [1.807, 2.05) is 36.4 Å². The summed E-state index contributed by atoms with van der Waals surface area (Å²) in [6.45, 7) is 1.56. The highest BCUT2D eigenvalue weighted by molar-refractivity contribution is 6.22. The van der Waals surface area contributed by atoms with Gasteiger partial charge in [0.15, 0.2) is 0 Å². The molecule has 0 aromatic heterocycles. The van der Waals surface area contributed by atoms with Gasteiger partial charge in [-0.05, 0) is 30.7 Å². The molecular weight excluding hydrogens is 318 g/mol. The van der Waals surface area contributed by atoms with Gasteiger partial charge in [-0.25, -0.2) is 4.79 Å². The Kier molecular flexibility index (Phi) is 4.75. The Morgan fingerprint density at radius 3 is 2.16 bits per heavy atom. The molecule has 1 heterocycles. The number of benzene rings is 2. The topological polar surface area (TPSA) is 63.7 Å². The minimum atomic E-state index is -0.975. The molecule has 5 heteroatoms. The van der Waals surface area contributed by atoms with Gasteiger partial charge in [0.1, 0.15) is 12.6 Å². The first-order valence-corrected chi connectivity index (χ1v) is 7.94. The van der Waals surface area contributed by atoms with Crippen LogP contribution in [0.4, 0.5) is 0 Å². The number of nitrogens with zero attached hydrogens (tertiary/aromatic N) is 1. The molecule has 0 N–H and O–H groups in total. The standard InChI is InChI=1S/C20H17NO4/c1-14(20(24)25-13-7-10-15-8-3-2-4-9-15)21-18(22)16-11-5-6-12-17(16)19(21)23/h2-12,14H,13H2,1H3/b10-7+. The third kappa shape index (κ3) is 3.35. The van der Waals surface area contributed by atoms with E-state index in [1.165, 1.54) is 6.92 Å².